The van der Waals surface area contributed by atoms with Crippen LogP contribution < -0.4 is 10.5 Å². The average Bonchev–Trinajstić information content (AvgIpc) is 2.17. The van der Waals surface area contributed by atoms with E-state index in [9.17, 15) is 13.2 Å². The molecule has 1 rings (SSSR count). The molecule has 0 saturated carbocycles. The van der Waals surface area contributed by atoms with Crippen LogP contribution >= 0.6 is 0 Å². The van der Waals surface area contributed by atoms with E-state index in [-0.39, 0.29) is 0 Å². The third-order valence-corrected chi connectivity index (χ3v) is 1.89. The van der Waals surface area contributed by atoms with E-state index in [0.717, 1.165) is 0 Å². The molecule has 0 aliphatic heterocycles. The Morgan fingerprint density at radius 2 is 2.00 bits per heavy atom. The predicted molar refractivity (Wildman–Crippen MR) is 53.1 cm³/mol. The predicted octanol–water partition coefficient (Wildman–Crippen LogP) is 2.49. The zero-order chi connectivity index (χ0) is 12.2. The molecule has 0 saturated heterocycles. The molecule has 6 heteroatoms. The molecule has 1 aromatic carbocycles. The number of hydrogen-bond acceptors (Lipinski definition) is 3. The van der Waals surface area contributed by atoms with Crippen LogP contribution in [-0.2, 0) is 4.74 Å². The summed E-state index contributed by atoms with van der Waals surface area (Å²) >= 11 is 0. The first-order valence-electron chi connectivity index (χ1n) is 4.52. The summed E-state index contributed by atoms with van der Waals surface area (Å²) in [6.07, 6.45) is -4.34. The topological polar surface area (TPSA) is 44.5 Å². The van der Waals surface area contributed by atoms with Crippen LogP contribution in [0.3, 0.4) is 0 Å². The number of hydrogen-bond donors (Lipinski definition) is 1. The van der Waals surface area contributed by atoms with Crippen molar-refractivity contribution in [2.45, 2.75) is 13.1 Å². The molecule has 0 unspecified atom stereocenters. The molecular weight excluding hydrogens is 223 g/mol. The van der Waals surface area contributed by atoms with Gasteiger partial charge in [0.05, 0.1) is 0 Å². The summed E-state index contributed by atoms with van der Waals surface area (Å²) in [6.45, 7) is -0.0629. The van der Waals surface area contributed by atoms with Gasteiger partial charge in [0.15, 0.2) is 6.79 Å². The Morgan fingerprint density at radius 3 is 2.62 bits per heavy atom. The lowest BCUT2D eigenvalue weighted by Crippen LogP contribution is -2.19. The van der Waals surface area contributed by atoms with E-state index in [1.54, 1.807) is 25.1 Å². The monoisotopic (exact) mass is 235 g/mol. The van der Waals surface area contributed by atoms with E-state index < -0.39 is 19.6 Å². The normalized spacial score (nSPS) is 11.5. The van der Waals surface area contributed by atoms with Crippen molar-refractivity contribution in [3.05, 3.63) is 23.8 Å². The highest BCUT2D eigenvalue weighted by molar-refractivity contribution is 5.53. The largest absolute Gasteiger partial charge is 0.467 e. The Bertz CT molecular complexity index is 352. The molecule has 16 heavy (non-hydrogen) atoms. The van der Waals surface area contributed by atoms with Gasteiger partial charge < -0.3 is 15.2 Å². The Balaban J connectivity index is 2.41. The lowest BCUT2D eigenvalue weighted by Gasteiger charge is -2.11. The van der Waals surface area contributed by atoms with Gasteiger partial charge in [-0.25, -0.2) is 0 Å². The standard InChI is InChI=1S/C10H12F3NO2/c1-7-8(14)3-2-4-9(7)16-6-15-5-10(11,12)13/h2-4H,5-6,14H2,1H3. The van der Waals surface area contributed by atoms with Gasteiger partial charge in [0.25, 0.3) is 0 Å². The molecule has 0 aromatic heterocycles. The van der Waals surface area contributed by atoms with Gasteiger partial charge in [-0.1, -0.05) is 6.07 Å². The van der Waals surface area contributed by atoms with E-state index in [0.29, 0.717) is 17.0 Å². The van der Waals surface area contributed by atoms with E-state index in [2.05, 4.69) is 4.74 Å². The van der Waals surface area contributed by atoms with Gasteiger partial charge in [-0.3, -0.25) is 0 Å². The number of alkyl halides is 3. The third-order valence-electron chi connectivity index (χ3n) is 1.89. The van der Waals surface area contributed by atoms with Crippen LogP contribution in [0, 0.1) is 6.92 Å². The van der Waals surface area contributed by atoms with Crippen molar-refractivity contribution >= 4 is 5.69 Å². The summed E-state index contributed by atoms with van der Waals surface area (Å²) < 4.78 is 44.5. The summed E-state index contributed by atoms with van der Waals surface area (Å²) in [6, 6.07) is 4.95. The minimum absolute atomic E-state index is 0.419. The average molecular weight is 235 g/mol. The Kier molecular flexibility index (Phi) is 4.00. The first-order chi connectivity index (χ1) is 7.40. The van der Waals surface area contributed by atoms with Gasteiger partial charge in [0.1, 0.15) is 12.4 Å². The van der Waals surface area contributed by atoms with E-state index in [1.807, 2.05) is 0 Å². The van der Waals surface area contributed by atoms with Crippen molar-refractivity contribution in [2.75, 3.05) is 19.1 Å². The molecule has 0 bridgehead atoms. The summed E-state index contributed by atoms with van der Waals surface area (Å²) in [7, 11) is 0. The van der Waals surface area contributed by atoms with Crippen molar-refractivity contribution in [1.29, 1.82) is 0 Å². The minimum Gasteiger partial charge on any atom is -0.467 e. The van der Waals surface area contributed by atoms with Gasteiger partial charge in [-0.2, -0.15) is 13.2 Å². The maximum atomic E-state index is 11.7. The summed E-state index contributed by atoms with van der Waals surface area (Å²) in [5.41, 5.74) is 6.79. The Morgan fingerprint density at radius 1 is 1.31 bits per heavy atom. The molecule has 0 atom stereocenters. The third kappa shape index (κ3) is 3.98. The number of halogens is 3. The van der Waals surface area contributed by atoms with Gasteiger partial charge >= 0.3 is 6.18 Å². The maximum absolute atomic E-state index is 11.7. The lowest BCUT2D eigenvalue weighted by molar-refractivity contribution is -0.186. The van der Waals surface area contributed by atoms with Crippen molar-refractivity contribution in [1.82, 2.24) is 0 Å². The molecule has 0 heterocycles. The SMILES string of the molecule is Cc1c(N)cccc1OCOCC(F)(F)F. The number of ether oxygens (including phenoxy) is 2. The van der Waals surface area contributed by atoms with Crippen LogP contribution in [0.5, 0.6) is 5.75 Å². The van der Waals surface area contributed by atoms with Crippen LogP contribution in [0.4, 0.5) is 18.9 Å². The second kappa shape index (κ2) is 5.07. The summed E-state index contributed by atoms with van der Waals surface area (Å²) in [5.74, 6) is 0.419. The number of anilines is 1. The molecule has 1 aromatic rings. The molecular formula is C10H12F3NO2. The van der Waals surface area contributed by atoms with E-state index in [1.165, 1.54) is 0 Å². The van der Waals surface area contributed by atoms with Crippen LogP contribution in [0.15, 0.2) is 18.2 Å². The van der Waals surface area contributed by atoms with Crippen molar-refractivity contribution in [2.24, 2.45) is 0 Å². The fourth-order valence-corrected chi connectivity index (χ4v) is 1.05. The van der Waals surface area contributed by atoms with Gasteiger partial charge in [0, 0.05) is 11.3 Å². The van der Waals surface area contributed by atoms with Crippen molar-refractivity contribution in [3.63, 3.8) is 0 Å². The highest BCUT2D eigenvalue weighted by atomic mass is 19.4. The second-order valence-electron chi connectivity index (χ2n) is 3.20. The molecule has 0 spiro atoms. The number of nitrogens with two attached hydrogens (primary N) is 1. The van der Waals surface area contributed by atoms with Crippen molar-refractivity contribution < 1.29 is 22.6 Å². The van der Waals surface area contributed by atoms with Crippen LogP contribution in [-0.4, -0.2) is 19.6 Å². The zero-order valence-corrected chi connectivity index (χ0v) is 8.67. The molecule has 3 nitrogen and oxygen atoms in total. The van der Waals surface area contributed by atoms with Crippen LogP contribution in [0.25, 0.3) is 0 Å². The molecule has 0 radical (unpaired) electrons. The molecule has 0 amide bonds. The highest BCUT2D eigenvalue weighted by Crippen LogP contribution is 2.23. The van der Waals surface area contributed by atoms with Gasteiger partial charge in [0.2, 0.25) is 0 Å². The first kappa shape index (κ1) is 12.6. The van der Waals surface area contributed by atoms with Crippen LogP contribution in [0.1, 0.15) is 5.56 Å². The Hall–Kier alpha value is -1.43. The van der Waals surface area contributed by atoms with Gasteiger partial charge in [-0.05, 0) is 19.1 Å². The summed E-state index contributed by atoms with van der Waals surface area (Å²) in [5, 5.41) is 0. The highest BCUT2D eigenvalue weighted by Gasteiger charge is 2.27. The lowest BCUT2D eigenvalue weighted by atomic mass is 10.2. The fourth-order valence-electron chi connectivity index (χ4n) is 1.05. The van der Waals surface area contributed by atoms with E-state index >= 15 is 0 Å². The maximum Gasteiger partial charge on any atom is 0.411 e. The molecule has 90 valence electrons. The molecule has 0 aliphatic rings. The smallest absolute Gasteiger partial charge is 0.411 e. The zero-order valence-electron chi connectivity index (χ0n) is 8.67. The molecule has 0 fully saturated rings. The number of benzene rings is 1. The molecule has 2 N–H and O–H groups in total. The minimum atomic E-state index is -4.34. The van der Waals surface area contributed by atoms with E-state index in [4.69, 9.17) is 10.5 Å². The fraction of sp³-hybridized carbons (Fsp3) is 0.400. The molecule has 0 aliphatic carbocycles. The summed E-state index contributed by atoms with van der Waals surface area (Å²) in [4.78, 5) is 0. The first-order valence-corrected chi connectivity index (χ1v) is 4.52. The second-order valence-corrected chi connectivity index (χ2v) is 3.20. The Labute approximate surface area is 91.0 Å². The number of rotatable bonds is 4. The van der Waals surface area contributed by atoms with Crippen LogP contribution in [0.2, 0.25) is 0 Å². The quantitative estimate of drug-likeness (QED) is 0.495. The number of nitrogen functional groups attached to an aromatic ring is 1. The van der Waals surface area contributed by atoms with Crippen molar-refractivity contribution in [3.8, 4) is 5.75 Å². The van der Waals surface area contributed by atoms with Gasteiger partial charge in [-0.15, -0.1) is 0 Å².